The van der Waals surface area contributed by atoms with E-state index in [0.717, 1.165) is 18.2 Å². The molecule has 2 N–H and O–H groups in total. The second-order valence-electron chi connectivity index (χ2n) is 3.52. The molecule has 0 saturated heterocycles. The highest BCUT2D eigenvalue weighted by atomic mass is 32.1. The number of aromatic nitrogens is 1. The van der Waals surface area contributed by atoms with Crippen molar-refractivity contribution in [3.05, 3.63) is 16.1 Å². The van der Waals surface area contributed by atoms with Gasteiger partial charge in [0.05, 0.1) is 5.69 Å². The standard InChI is InChI=1S/C9H12N2O2S/c12-9(13)8-11-7(5-14-8)4-10-3-6-1-2-6/h5-6,10H,1-4H2,(H,12,13). The Bertz CT molecular complexity index is 333. The summed E-state index contributed by atoms with van der Waals surface area (Å²) in [6.07, 6.45) is 2.65. The first kappa shape index (κ1) is 9.61. The maximum atomic E-state index is 10.5. The lowest BCUT2D eigenvalue weighted by molar-refractivity contribution is 0.0696. The van der Waals surface area contributed by atoms with Crippen molar-refractivity contribution in [1.29, 1.82) is 0 Å². The number of hydrogen-bond donors (Lipinski definition) is 2. The molecule has 1 fully saturated rings. The minimum absolute atomic E-state index is 0.174. The highest BCUT2D eigenvalue weighted by Crippen LogP contribution is 2.27. The molecule has 0 bridgehead atoms. The van der Waals surface area contributed by atoms with Crippen LogP contribution < -0.4 is 5.32 Å². The van der Waals surface area contributed by atoms with Gasteiger partial charge in [-0.05, 0) is 25.3 Å². The van der Waals surface area contributed by atoms with Crippen LogP contribution in [0.5, 0.6) is 0 Å². The minimum atomic E-state index is -0.941. The summed E-state index contributed by atoms with van der Waals surface area (Å²) in [7, 11) is 0. The monoisotopic (exact) mass is 212 g/mol. The van der Waals surface area contributed by atoms with Gasteiger partial charge in [-0.2, -0.15) is 0 Å². The predicted octanol–water partition coefficient (Wildman–Crippen LogP) is 1.34. The third kappa shape index (κ3) is 2.52. The molecule has 0 spiro atoms. The Morgan fingerprint density at radius 1 is 1.71 bits per heavy atom. The first-order valence-electron chi connectivity index (χ1n) is 4.64. The van der Waals surface area contributed by atoms with E-state index in [4.69, 9.17) is 5.11 Å². The van der Waals surface area contributed by atoms with Crippen LogP contribution in [-0.4, -0.2) is 22.6 Å². The smallest absolute Gasteiger partial charge is 0.365 e. The van der Waals surface area contributed by atoms with Gasteiger partial charge in [-0.25, -0.2) is 9.78 Å². The van der Waals surface area contributed by atoms with Crippen molar-refractivity contribution in [2.24, 2.45) is 5.92 Å². The van der Waals surface area contributed by atoms with Crippen molar-refractivity contribution in [2.75, 3.05) is 6.54 Å². The first-order chi connectivity index (χ1) is 6.75. The molecule has 14 heavy (non-hydrogen) atoms. The molecule has 2 rings (SSSR count). The van der Waals surface area contributed by atoms with Gasteiger partial charge in [-0.15, -0.1) is 11.3 Å². The summed E-state index contributed by atoms with van der Waals surface area (Å²) in [5, 5.41) is 13.9. The fraction of sp³-hybridized carbons (Fsp3) is 0.556. The second kappa shape index (κ2) is 4.06. The maximum absolute atomic E-state index is 10.5. The van der Waals surface area contributed by atoms with Crippen LogP contribution in [0.4, 0.5) is 0 Å². The lowest BCUT2D eigenvalue weighted by Gasteiger charge is -1.98. The summed E-state index contributed by atoms with van der Waals surface area (Å²) < 4.78 is 0. The minimum Gasteiger partial charge on any atom is -0.476 e. The second-order valence-corrected chi connectivity index (χ2v) is 4.38. The van der Waals surface area contributed by atoms with E-state index in [1.165, 1.54) is 24.2 Å². The molecule has 0 radical (unpaired) electrons. The predicted molar refractivity (Wildman–Crippen MR) is 53.5 cm³/mol. The van der Waals surface area contributed by atoms with Gasteiger partial charge >= 0.3 is 5.97 Å². The van der Waals surface area contributed by atoms with Crippen LogP contribution in [0.1, 0.15) is 28.3 Å². The number of carbonyl (C=O) groups is 1. The van der Waals surface area contributed by atoms with Crippen molar-refractivity contribution < 1.29 is 9.90 Å². The lowest BCUT2D eigenvalue weighted by Crippen LogP contribution is -2.16. The maximum Gasteiger partial charge on any atom is 0.365 e. The summed E-state index contributed by atoms with van der Waals surface area (Å²) in [6, 6.07) is 0. The topological polar surface area (TPSA) is 62.2 Å². The van der Waals surface area contributed by atoms with Crippen molar-refractivity contribution >= 4 is 17.3 Å². The van der Waals surface area contributed by atoms with Crippen LogP contribution >= 0.6 is 11.3 Å². The summed E-state index contributed by atoms with van der Waals surface area (Å²) >= 11 is 1.18. The zero-order valence-electron chi connectivity index (χ0n) is 7.69. The molecule has 5 heteroatoms. The number of nitrogens with zero attached hydrogens (tertiary/aromatic N) is 1. The lowest BCUT2D eigenvalue weighted by atomic mass is 10.4. The van der Waals surface area contributed by atoms with Gasteiger partial charge in [0.25, 0.3) is 0 Å². The number of nitrogens with one attached hydrogen (secondary N) is 1. The zero-order valence-corrected chi connectivity index (χ0v) is 8.51. The quantitative estimate of drug-likeness (QED) is 0.773. The molecule has 1 aromatic rings. The van der Waals surface area contributed by atoms with E-state index in [1.807, 2.05) is 0 Å². The molecule has 0 unspecified atom stereocenters. The van der Waals surface area contributed by atoms with Crippen LogP contribution in [-0.2, 0) is 6.54 Å². The summed E-state index contributed by atoms with van der Waals surface area (Å²) in [6.45, 7) is 1.71. The van der Waals surface area contributed by atoms with Gasteiger partial charge in [0.15, 0.2) is 0 Å². The van der Waals surface area contributed by atoms with Crippen LogP contribution in [0.25, 0.3) is 0 Å². The summed E-state index contributed by atoms with van der Waals surface area (Å²) in [5.41, 5.74) is 0.827. The normalized spacial score (nSPS) is 15.7. The van der Waals surface area contributed by atoms with Gasteiger partial charge in [0, 0.05) is 11.9 Å². The first-order valence-corrected chi connectivity index (χ1v) is 5.52. The Labute approximate surface area is 86.0 Å². The summed E-state index contributed by atoms with van der Waals surface area (Å²) in [5.74, 6) is -0.101. The van der Waals surface area contributed by atoms with E-state index in [0.29, 0.717) is 6.54 Å². The number of aromatic carboxylic acids is 1. The Morgan fingerprint density at radius 2 is 2.50 bits per heavy atom. The molecule has 1 aliphatic rings. The molecule has 0 aromatic carbocycles. The molecule has 4 nitrogen and oxygen atoms in total. The third-order valence-corrected chi connectivity index (χ3v) is 3.05. The van der Waals surface area contributed by atoms with Crippen LogP contribution in [0.3, 0.4) is 0 Å². The van der Waals surface area contributed by atoms with E-state index >= 15 is 0 Å². The van der Waals surface area contributed by atoms with E-state index < -0.39 is 5.97 Å². The molecule has 1 saturated carbocycles. The molecular weight excluding hydrogens is 200 g/mol. The average Bonchev–Trinajstić information content (AvgIpc) is 2.82. The summed E-state index contributed by atoms with van der Waals surface area (Å²) in [4.78, 5) is 14.5. The van der Waals surface area contributed by atoms with Crippen LogP contribution in [0.15, 0.2) is 5.38 Å². The van der Waals surface area contributed by atoms with Gasteiger partial charge in [-0.3, -0.25) is 0 Å². The Morgan fingerprint density at radius 3 is 3.07 bits per heavy atom. The van der Waals surface area contributed by atoms with Crippen LogP contribution in [0, 0.1) is 5.92 Å². The molecule has 1 heterocycles. The number of thiazole rings is 1. The number of carboxylic acids is 1. The van der Waals surface area contributed by atoms with Crippen molar-refractivity contribution in [1.82, 2.24) is 10.3 Å². The van der Waals surface area contributed by atoms with Crippen molar-refractivity contribution in [3.63, 3.8) is 0 Å². The molecular formula is C9H12N2O2S. The third-order valence-electron chi connectivity index (χ3n) is 2.17. The Kier molecular flexibility index (Phi) is 2.79. The molecule has 1 aromatic heterocycles. The van der Waals surface area contributed by atoms with Crippen molar-refractivity contribution in [3.8, 4) is 0 Å². The SMILES string of the molecule is O=C(O)c1nc(CNCC2CC2)cs1. The van der Waals surface area contributed by atoms with E-state index in [1.54, 1.807) is 5.38 Å². The zero-order chi connectivity index (χ0) is 9.97. The number of rotatable bonds is 5. The van der Waals surface area contributed by atoms with E-state index in [2.05, 4.69) is 10.3 Å². The number of carboxylic acid groups (broad SMARTS) is 1. The van der Waals surface area contributed by atoms with Gasteiger partial charge < -0.3 is 10.4 Å². The average molecular weight is 212 g/mol. The largest absolute Gasteiger partial charge is 0.476 e. The Hall–Kier alpha value is -0.940. The fourth-order valence-corrected chi connectivity index (χ4v) is 1.87. The van der Waals surface area contributed by atoms with E-state index in [-0.39, 0.29) is 5.01 Å². The van der Waals surface area contributed by atoms with Crippen LogP contribution in [0.2, 0.25) is 0 Å². The van der Waals surface area contributed by atoms with Gasteiger partial charge in [0.1, 0.15) is 0 Å². The highest BCUT2D eigenvalue weighted by Gasteiger charge is 2.20. The highest BCUT2D eigenvalue weighted by molar-refractivity contribution is 7.11. The Balaban J connectivity index is 1.79. The van der Waals surface area contributed by atoms with Crippen molar-refractivity contribution in [2.45, 2.75) is 19.4 Å². The fourth-order valence-electron chi connectivity index (χ4n) is 1.21. The van der Waals surface area contributed by atoms with Gasteiger partial charge in [-0.1, -0.05) is 0 Å². The molecule has 0 aliphatic heterocycles. The van der Waals surface area contributed by atoms with E-state index in [9.17, 15) is 4.79 Å². The molecule has 0 atom stereocenters. The molecule has 1 aliphatic carbocycles. The molecule has 76 valence electrons. The number of hydrogen-bond acceptors (Lipinski definition) is 4. The van der Waals surface area contributed by atoms with Gasteiger partial charge in [0.2, 0.25) is 5.01 Å². The molecule has 0 amide bonds.